The summed E-state index contributed by atoms with van der Waals surface area (Å²) >= 11 is 0. The highest BCUT2D eigenvalue weighted by atomic mass is 31.2. The highest BCUT2D eigenvalue weighted by molar-refractivity contribution is 7.95. The molecule has 45 heavy (non-hydrogen) atoms. The van der Waals surface area contributed by atoms with Crippen LogP contribution in [0, 0.1) is 0 Å². The minimum absolute atomic E-state index is 0.0843. The van der Waals surface area contributed by atoms with Crippen molar-refractivity contribution in [1.29, 1.82) is 0 Å². The Morgan fingerprint density at radius 2 is 1.02 bits per heavy atom. The van der Waals surface area contributed by atoms with Crippen molar-refractivity contribution in [3.8, 4) is 0 Å². The highest BCUT2D eigenvalue weighted by Gasteiger charge is 2.44. The molecule has 0 aromatic heterocycles. The van der Waals surface area contributed by atoms with Crippen LogP contribution in [0.4, 0.5) is 26.3 Å². The Balaban J connectivity index is 0.000000601. The largest absolute Gasteiger partial charge is 0.542 e. The molecule has 1 amide bonds. The zero-order valence-corrected chi connectivity index (χ0v) is 24.7. The van der Waals surface area contributed by atoms with Crippen LogP contribution in [-0.4, -0.2) is 67.0 Å². The average Bonchev–Trinajstić information content (AvgIpc) is 2.98. The van der Waals surface area contributed by atoms with Crippen LogP contribution in [0.5, 0.6) is 0 Å². The molecule has 16 heteroatoms. The lowest BCUT2D eigenvalue weighted by atomic mass is 10.3. The molecule has 0 bridgehead atoms. The number of nitrogens with one attached hydrogen (secondary N) is 1. The Morgan fingerprint density at radius 1 is 0.711 bits per heavy atom. The molecule has 0 aliphatic heterocycles. The van der Waals surface area contributed by atoms with Crippen molar-refractivity contribution < 1.29 is 55.5 Å². The number of nitrogens with two attached hydrogens (primary N) is 2. The number of halogens is 6. The van der Waals surface area contributed by atoms with E-state index in [1.165, 1.54) is 20.5 Å². The lowest BCUT2D eigenvalue weighted by molar-refractivity contribution is -0.487. The number of aliphatic carboxylic acids is 2. The third kappa shape index (κ3) is 12.9. The maximum atomic E-state index is 12.2. The maximum Gasteiger partial charge on any atom is 0.430 e. The van der Waals surface area contributed by atoms with Gasteiger partial charge in [-0.05, 0) is 42.8 Å². The van der Waals surface area contributed by atoms with Crippen molar-refractivity contribution >= 4 is 47.0 Å². The van der Waals surface area contributed by atoms with Gasteiger partial charge in [-0.15, -0.1) is 0 Å². The molecule has 0 fully saturated rings. The fourth-order valence-corrected chi connectivity index (χ4v) is 8.13. The molecule has 0 saturated heterocycles. The second-order valence-electron chi connectivity index (χ2n) is 9.09. The predicted molar refractivity (Wildman–Crippen MR) is 154 cm³/mol. The van der Waals surface area contributed by atoms with Crippen LogP contribution >= 0.6 is 7.26 Å². The van der Waals surface area contributed by atoms with E-state index in [9.17, 15) is 31.1 Å². The smallest absolute Gasteiger partial charge is 0.430 e. The number of carbonyl (C=O) groups excluding carboxylic acids is 3. The molecule has 0 spiro atoms. The van der Waals surface area contributed by atoms with Gasteiger partial charge in [0.25, 0.3) is 5.91 Å². The van der Waals surface area contributed by atoms with Crippen LogP contribution in [-0.2, 0) is 14.4 Å². The molecule has 0 aliphatic carbocycles. The number of benzene rings is 3. The summed E-state index contributed by atoms with van der Waals surface area (Å²) in [6.07, 6.45) is -8.56. The van der Waals surface area contributed by atoms with Crippen LogP contribution in [0.25, 0.3) is 0 Å². The van der Waals surface area contributed by atoms with Crippen LogP contribution in [0.2, 0.25) is 0 Å². The van der Waals surface area contributed by atoms with E-state index in [1.54, 1.807) is 7.05 Å². The molecule has 3 aromatic carbocycles. The van der Waals surface area contributed by atoms with Crippen LogP contribution in [0.1, 0.15) is 6.42 Å². The number of guanidine groups is 1. The Hall–Kier alpha value is -4.65. The van der Waals surface area contributed by atoms with Crippen molar-refractivity contribution in [3.05, 3.63) is 91.0 Å². The Morgan fingerprint density at radius 3 is 1.29 bits per heavy atom. The van der Waals surface area contributed by atoms with E-state index in [1.807, 2.05) is 0 Å². The predicted octanol–water partition coefficient (Wildman–Crippen LogP) is -0.000300. The van der Waals surface area contributed by atoms with Gasteiger partial charge in [-0.2, -0.15) is 26.3 Å². The molecule has 0 aliphatic rings. The summed E-state index contributed by atoms with van der Waals surface area (Å²) < 4.78 is 64.6. The molecular weight excluding hydrogens is 629 g/mol. The topological polar surface area (TPSA) is 164 Å². The quantitative estimate of drug-likeness (QED) is 0.0727. The van der Waals surface area contributed by atoms with Gasteiger partial charge in [0.2, 0.25) is 0 Å². The van der Waals surface area contributed by atoms with Crippen molar-refractivity contribution in [1.82, 2.24) is 5.32 Å². The number of nitrogens with zero attached hydrogens (tertiary/aromatic N) is 1. The number of hydrogen-bond donors (Lipinski definition) is 3. The van der Waals surface area contributed by atoms with Crippen LogP contribution < -0.4 is 42.9 Å². The monoisotopic (exact) mass is 660 g/mol. The minimum Gasteiger partial charge on any atom is -0.542 e. The first kappa shape index (κ1) is 38.4. The fourth-order valence-electron chi connectivity index (χ4n) is 3.79. The number of rotatable bonds is 9. The van der Waals surface area contributed by atoms with E-state index in [4.69, 9.17) is 31.3 Å². The second-order valence-corrected chi connectivity index (χ2v) is 12.7. The number of amides is 1. The maximum absolute atomic E-state index is 12.2. The van der Waals surface area contributed by atoms with Crippen molar-refractivity contribution in [2.24, 2.45) is 11.5 Å². The number of alkyl halides is 6. The summed E-state index contributed by atoms with van der Waals surface area (Å²) in [5.41, 5.74) is 11.1. The summed E-state index contributed by atoms with van der Waals surface area (Å²) in [6.45, 7) is 0.754. The summed E-state index contributed by atoms with van der Waals surface area (Å²) in [5.74, 6) is -5.96. The van der Waals surface area contributed by atoms with Crippen molar-refractivity contribution in [2.75, 3.05) is 26.3 Å². The number of likely N-dealkylation sites (N-methyl/N-ethyl adjacent to an activating group) is 1. The van der Waals surface area contributed by atoms with E-state index >= 15 is 0 Å². The van der Waals surface area contributed by atoms with Gasteiger partial charge in [0.15, 0.2) is 0 Å². The molecule has 3 rings (SSSR count). The van der Waals surface area contributed by atoms with Crippen LogP contribution in [0.15, 0.2) is 91.0 Å². The molecule has 0 radical (unpaired) electrons. The molecule has 0 saturated carbocycles. The zero-order chi connectivity index (χ0) is 34.3. The number of carbonyl (C=O) groups is 3. The Kier molecular flexibility index (Phi) is 15.0. The van der Waals surface area contributed by atoms with E-state index < -0.39 is 31.6 Å². The van der Waals surface area contributed by atoms with Crippen molar-refractivity contribution in [3.63, 3.8) is 0 Å². The summed E-state index contributed by atoms with van der Waals surface area (Å²) in [7, 11) is -0.162. The van der Waals surface area contributed by atoms with Gasteiger partial charge in [0.05, 0.1) is 13.2 Å². The molecule has 0 unspecified atom stereocenters. The SMILES string of the molecule is C[N+](CC(=O)NCCC[P+](c1ccccc1)(c1ccccc1)c1ccccc1)=C(N)N.O=C([O-])C(F)(F)F.O=C([O-])C(F)(F)F. The Bertz CT molecular complexity index is 1280. The molecule has 5 N–H and O–H groups in total. The average molecular weight is 661 g/mol. The molecule has 0 atom stereocenters. The zero-order valence-electron chi connectivity index (χ0n) is 23.8. The second kappa shape index (κ2) is 17.6. The van der Waals surface area contributed by atoms with Gasteiger partial charge in [0.1, 0.15) is 41.7 Å². The normalized spacial score (nSPS) is 11.1. The van der Waals surface area contributed by atoms with Crippen LogP contribution in [0.3, 0.4) is 0 Å². The van der Waals surface area contributed by atoms with Gasteiger partial charge in [-0.3, -0.25) is 20.8 Å². The third-order valence-corrected chi connectivity index (χ3v) is 10.4. The van der Waals surface area contributed by atoms with Gasteiger partial charge >= 0.3 is 18.3 Å². The first-order valence-electron chi connectivity index (χ1n) is 12.9. The number of carboxylic acids is 2. The lowest BCUT2D eigenvalue weighted by Gasteiger charge is -2.27. The summed E-state index contributed by atoms with van der Waals surface area (Å²) in [4.78, 5) is 29.8. The van der Waals surface area contributed by atoms with Gasteiger partial charge in [-0.25, -0.2) is 0 Å². The number of carboxylic acid groups (broad SMARTS) is 2. The summed E-state index contributed by atoms with van der Waals surface area (Å²) in [6, 6.07) is 32.3. The Labute approximate surface area is 255 Å². The standard InChI is InChI=1S/C25H29N4OP.2C2HF3O2/c1-29(25(26)27)20-24(30)28-18-11-19-31(21-12-5-2-6-13-21,22-14-7-3-8-15-22)23-16-9-4-10-17-23;2*3-2(4,5)1(6)7/h2-10,12-17H,11,18-20H2,1H3,(H3-,26,27,28,30);2*(H,6,7). The number of hydrogen-bond acceptors (Lipinski definition) is 5. The van der Waals surface area contributed by atoms with E-state index in [0.29, 0.717) is 6.54 Å². The van der Waals surface area contributed by atoms with E-state index in [-0.39, 0.29) is 18.4 Å². The fraction of sp³-hybridized carbons (Fsp3) is 0.241. The third-order valence-electron chi connectivity index (χ3n) is 5.87. The molecular formula is C29H31F6N4O5P. The molecule has 244 valence electrons. The first-order chi connectivity index (χ1) is 20.9. The lowest BCUT2D eigenvalue weighted by Crippen LogP contribution is -2.40. The first-order valence-corrected chi connectivity index (χ1v) is 14.9. The van der Waals surface area contributed by atoms with E-state index in [0.717, 1.165) is 12.6 Å². The molecule has 9 nitrogen and oxygen atoms in total. The van der Waals surface area contributed by atoms with Gasteiger partial charge in [-0.1, -0.05) is 54.6 Å². The van der Waals surface area contributed by atoms with Crippen molar-refractivity contribution in [2.45, 2.75) is 18.8 Å². The van der Waals surface area contributed by atoms with Gasteiger partial charge < -0.3 is 25.1 Å². The highest BCUT2D eigenvalue weighted by Crippen LogP contribution is 2.55. The minimum atomic E-state index is -5.19. The molecule has 3 aromatic rings. The van der Waals surface area contributed by atoms with Gasteiger partial charge in [0, 0.05) is 6.54 Å². The van der Waals surface area contributed by atoms with E-state index in [2.05, 4.69) is 96.3 Å². The summed E-state index contributed by atoms with van der Waals surface area (Å²) in [5, 5.41) is 24.6. The molecule has 0 heterocycles.